The second-order valence-electron chi connectivity index (χ2n) is 14.9. The van der Waals surface area contributed by atoms with Crippen molar-refractivity contribution in [3.05, 3.63) is 78.4 Å². The van der Waals surface area contributed by atoms with Gasteiger partial charge in [-0.15, -0.1) is 0 Å². The number of hydrogen-bond donors (Lipinski definition) is 3. The molecule has 0 saturated carbocycles. The monoisotopic (exact) mass is 685 g/mol. The second-order valence-corrected chi connectivity index (χ2v) is 14.9. The highest BCUT2D eigenvalue weighted by atomic mass is 16.6. The fourth-order valence-electron chi connectivity index (χ4n) is 6.68. The van der Waals surface area contributed by atoms with E-state index in [9.17, 15) is 24.0 Å². The third-order valence-corrected chi connectivity index (χ3v) is 8.98. The van der Waals surface area contributed by atoms with Crippen molar-refractivity contribution in [3.8, 4) is 0 Å². The van der Waals surface area contributed by atoms with E-state index in [1.807, 2.05) is 93.6 Å². The summed E-state index contributed by atoms with van der Waals surface area (Å²) in [5.74, 6) is -1.89. The van der Waals surface area contributed by atoms with Gasteiger partial charge in [0, 0.05) is 24.2 Å². The maximum atomic E-state index is 14.4. The van der Waals surface area contributed by atoms with Crippen LogP contribution in [0.15, 0.2) is 72.8 Å². The van der Waals surface area contributed by atoms with Gasteiger partial charge >= 0.3 is 12.2 Å². The number of hydrogen-bond acceptors (Lipinski definition) is 7. The van der Waals surface area contributed by atoms with Crippen LogP contribution in [0.1, 0.15) is 53.5 Å². The summed E-state index contributed by atoms with van der Waals surface area (Å²) in [6, 6.07) is 20.4. The van der Waals surface area contributed by atoms with E-state index >= 15 is 0 Å². The topological polar surface area (TPSA) is 146 Å². The van der Waals surface area contributed by atoms with Gasteiger partial charge in [0.1, 0.15) is 24.8 Å². The van der Waals surface area contributed by atoms with Crippen LogP contribution >= 0.6 is 0 Å². The summed E-state index contributed by atoms with van der Waals surface area (Å²) < 4.78 is 10.8. The van der Waals surface area contributed by atoms with Gasteiger partial charge in [-0.25, -0.2) is 9.59 Å². The van der Waals surface area contributed by atoms with Crippen molar-refractivity contribution in [1.29, 1.82) is 0 Å². The Hall–Kier alpha value is -5.13. The lowest BCUT2D eigenvalue weighted by atomic mass is 9.85. The number of benzene rings is 3. The van der Waals surface area contributed by atoms with Crippen molar-refractivity contribution in [2.24, 2.45) is 11.3 Å². The second kappa shape index (κ2) is 14.8. The molecule has 5 amide bonds. The average Bonchev–Trinajstić information content (AvgIpc) is 3.65. The maximum Gasteiger partial charge on any atom is 0.408 e. The first kappa shape index (κ1) is 36.2. The van der Waals surface area contributed by atoms with Gasteiger partial charge in [0.2, 0.25) is 17.7 Å². The van der Waals surface area contributed by atoms with Crippen LogP contribution in [0.3, 0.4) is 0 Å². The normalized spacial score (nSPS) is 19.4. The Labute approximate surface area is 292 Å². The number of nitrogens with one attached hydrogen (secondary N) is 3. The Kier molecular flexibility index (Phi) is 10.7. The molecule has 4 unspecified atom stereocenters. The first-order valence-corrected chi connectivity index (χ1v) is 16.9. The van der Waals surface area contributed by atoms with Crippen LogP contribution in [0.5, 0.6) is 0 Å². The molecule has 0 aromatic heterocycles. The minimum absolute atomic E-state index is 0.0367. The smallest absolute Gasteiger partial charge is 0.408 e. The van der Waals surface area contributed by atoms with Crippen molar-refractivity contribution in [3.63, 3.8) is 0 Å². The molecule has 2 fully saturated rings. The quantitative estimate of drug-likeness (QED) is 0.300. The number of carbonyl (C=O) groups excluding carboxylic acids is 5. The highest BCUT2D eigenvalue weighted by molar-refractivity contribution is 6.03. The summed E-state index contributed by atoms with van der Waals surface area (Å²) in [5, 5.41) is 10.2. The Morgan fingerprint density at radius 3 is 2.22 bits per heavy atom. The van der Waals surface area contributed by atoms with E-state index in [0.29, 0.717) is 12.1 Å². The zero-order valence-corrected chi connectivity index (χ0v) is 29.5. The van der Waals surface area contributed by atoms with E-state index in [2.05, 4.69) is 16.0 Å². The van der Waals surface area contributed by atoms with E-state index in [0.717, 1.165) is 16.3 Å². The molecule has 2 heterocycles. The number of fused-ring (bicyclic) bond motifs is 2. The molecule has 3 N–H and O–H groups in total. The number of alkyl carbamates (subject to hydrolysis) is 2. The Bertz CT molecular complexity index is 1730. The Morgan fingerprint density at radius 2 is 1.52 bits per heavy atom. The molecule has 266 valence electrons. The highest BCUT2D eigenvalue weighted by Gasteiger charge is 2.55. The van der Waals surface area contributed by atoms with E-state index in [1.165, 1.54) is 0 Å². The predicted molar refractivity (Wildman–Crippen MR) is 189 cm³/mol. The summed E-state index contributed by atoms with van der Waals surface area (Å²) in [6.07, 6.45) is -1.05. The number of carbonyl (C=O) groups is 5. The lowest BCUT2D eigenvalue weighted by Gasteiger charge is -2.37. The molecule has 0 radical (unpaired) electrons. The van der Waals surface area contributed by atoms with E-state index < -0.39 is 53.2 Å². The summed E-state index contributed by atoms with van der Waals surface area (Å²) in [5.41, 5.74) is -0.0487. The van der Waals surface area contributed by atoms with Crippen LogP contribution in [0, 0.1) is 11.3 Å². The minimum atomic E-state index is -0.969. The van der Waals surface area contributed by atoms with Crippen LogP contribution < -0.4 is 16.0 Å². The van der Waals surface area contributed by atoms with Crippen LogP contribution in [-0.4, -0.2) is 83.1 Å². The maximum absolute atomic E-state index is 14.4. The fourth-order valence-corrected chi connectivity index (χ4v) is 6.68. The van der Waals surface area contributed by atoms with Gasteiger partial charge in [0.05, 0.1) is 18.0 Å². The predicted octanol–water partition coefficient (Wildman–Crippen LogP) is 5.07. The zero-order chi connectivity index (χ0) is 36.2. The van der Waals surface area contributed by atoms with Crippen molar-refractivity contribution in [2.45, 2.75) is 78.3 Å². The summed E-state index contributed by atoms with van der Waals surface area (Å²) in [4.78, 5) is 70.7. The summed E-state index contributed by atoms with van der Waals surface area (Å²) >= 11 is 0. The number of amides is 5. The van der Waals surface area contributed by atoms with Gasteiger partial charge in [0.15, 0.2) is 0 Å². The van der Waals surface area contributed by atoms with Gasteiger partial charge in [-0.3, -0.25) is 14.4 Å². The SMILES string of the molecule is CC(C)(C)OC(=O)NC(C(=O)N1CCC2C1C(C(=O)Nc1cccc3ccccc13)CN2C(=O)CNC(=O)OCc1ccccc1)C(C)(C)C. The average molecular weight is 686 g/mol. The molecule has 3 aromatic carbocycles. The van der Waals surface area contributed by atoms with Crippen LogP contribution in [0.2, 0.25) is 0 Å². The first-order valence-electron chi connectivity index (χ1n) is 16.9. The van der Waals surface area contributed by atoms with Gasteiger partial charge in [0.25, 0.3) is 0 Å². The van der Waals surface area contributed by atoms with E-state index in [4.69, 9.17) is 9.47 Å². The van der Waals surface area contributed by atoms with Gasteiger partial charge in [-0.2, -0.15) is 0 Å². The number of likely N-dealkylation sites (tertiary alicyclic amines) is 2. The standard InChI is InChI=1S/C38H47N5O7/c1-37(2,3)32(41-36(48)50-38(4,5)6)34(46)42-20-19-29-31(42)27(33(45)40-28-18-12-16-25-15-10-11-17-26(25)28)22-43(29)30(44)21-39-35(47)49-23-24-13-8-7-9-14-24/h7-18,27,29,31-32H,19-23H2,1-6H3,(H,39,47)(H,40,45)(H,41,48). The summed E-state index contributed by atoms with van der Waals surface area (Å²) in [6.45, 7) is 10.8. The van der Waals surface area contributed by atoms with Gasteiger partial charge in [-0.05, 0) is 49.6 Å². The van der Waals surface area contributed by atoms with Gasteiger partial charge < -0.3 is 35.2 Å². The fraction of sp³-hybridized carbons (Fsp3) is 0.447. The summed E-state index contributed by atoms with van der Waals surface area (Å²) in [7, 11) is 0. The van der Waals surface area contributed by atoms with Crippen LogP contribution in [-0.2, 0) is 30.5 Å². The zero-order valence-electron chi connectivity index (χ0n) is 29.5. The minimum Gasteiger partial charge on any atom is -0.445 e. The first-order chi connectivity index (χ1) is 23.6. The molecular formula is C38H47N5O7. The molecule has 5 rings (SSSR count). The Morgan fingerprint density at radius 1 is 0.840 bits per heavy atom. The number of rotatable bonds is 8. The molecule has 4 atom stereocenters. The van der Waals surface area contributed by atoms with Gasteiger partial charge in [-0.1, -0.05) is 87.5 Å². The van der Waals surface area contributed by atoms with Crippen molar-refractivity contribution in [2.75, 3.05) is 25.0 Å². The molecule has 3 aromatic rings. The third-order valence-electron chi connectivity index (χ3n) is 8.98. The lowest BCUT2D eigenvalue weighted by molar-refractivity contribution is -0.138. The van der Waals surface area contributed by atoms with E-state index in [1.54, 1.807) is 30.6 Å². The third kappa shape index (κ3) is 8.53. The molecule has 12 heteroatoms. The molecule has 2 aliphatic heterocycles. The number of nitrogens with zero attached hydrogens (tertiary/aromatic N) is 2. The molecule has 2 saturated heterocycles. The number of ether oxygens (including phenoxy) is 2. The highest BCUT2D eigenvalue weighted by Crippen LogP contribution is 2.38. The molecule has 0 aliphatic carbocycles. The molecule has 0 spiro atoms. The molecule has 0 bridgehead atoms. The van der Waals surface area contributed by atoms with Crippen molar-refractivity contribution >= 4 is 46.4 Å². The molecule has 50 heavy (non-hydrogen) atoms. The van der Waals surface area contributed by atoms with Crippen molar-refractivity contribution < 1.29 is 33.4 Å². The molecule has 12 nitrogen and oxygen atoms in total. The molecule has 2 aliphatic rings. The van der Waals surface area contributed by atoms with Crippen LogP contribution in [0.4, 0.5) is 15.3 Å². The lowest BCUT2D eigenvalue weighted by Crippen LogP contribution is -2.58. The number of anilines is 1. The Balaban J connectivity index is 1.37. The largest absolute Gasteiger partial charge is 0.445 e. The van der Waals surface area contributed by atoms with E-state index in [-0.39, 0.29) is 38.1 Å². The van der Waals surface area contributed by atoms with Crippen molar-refractivity contribution in [1.82, 2.24) is 20.4 Å². The van der Waals surface area contributed by atoms with Crippen LogP contribution in [0.25, 0.3) is 10.8 Å². The molecular weight excluding hydrogens is 638 g/mol.